The highest BCUT2D eigenvalue weighted by molar-refractivity contribution is 7.89. The normalized spacial score (nSPS) is 15.2. The van der Waals surface area contributed by atoms with Crippen LogP contribution in [0.3, 0.4) is 0 Å². The number of hydrogen-bond acceptors (Lipinski definition) is 5. The minimum Gasteiger partial charge on any atom is -0.481 e. The lowest BCUT2D eigenvalue weighted by atomic mass is 10.3. The number of amides is 2. The van der Waals surface area contributed by atoms with Gasteiger partial charge in [-0.05, 0) is 23.8 Å². The summed E-state index contributed by atoms with van der Waals surface area (Å²) < 4.78 is 58.4. The Morgan fingerprint density at radius 3 is 2.52 bits per heavy atom. The first kappa shape index (κ1) is 20.9. The number of pyridine rings is 1. The number of sulfonamides is 1. The van der Waals surface area contributed by atoms with Crippen molar-refractivity contribution >= 4 is 16.1 Å². The van der Waals surface area contributed by atoms with Gasteiger partial charge in [0.1, 0.15) is 16.5 Å². The third-order valence-electron chi connectivity index (χ3n) is 4.49. The molecule has 8 nitrogen and oxygen atoms in total. The standard InChI is InChI=1S/C18H20F2N4O4S/c1-28-17-5-2-13(11-21-17)12-22-18(25)23-6-8-24(9-7-23)29(26,27)16-10-14(19)3-4-15(16)20/h2-5,10-11H,6-9,12H2,1H3,(H,22,25). The Labute approximate surface area is 167 Å². The number of nitrogens with zero attached hydrogens (tertiary/aromatic N) is 3. The van der Waals surface area contributed by atoms with Crippen LogP contribution in [0.5, 0.6) is 5.88 Å². The van der Waals surface area contributed by atoms with Gasteiger partial charge >= 0.3 is 6.03 Å². The Balaban J connectivity index is 1.56. The van der Waals surface area contributed by atoms with Crippen LogP contribution in [0.1, 0.15) is 5.56 Å². The number of carbonyl (C=O) groups excluding carboxylic acids is 1. The highest BCUT2D eigenvalue weighted by Gasteiger charge is 2.32. The number of piperazine rings is 1. The van der Waals surface area contributed by atoms with Crippen molar-refractivity contribution in [2.24, 2.45) is 0 Å². The molecule has 0 spiro atoms. The second kappa shape index (κ2) is 8.70. The first-order valence-corrected chi connectivity index (χ1v) is 10.2. The number of hydrogen-bond donors (Lipinski definition) is 1. The molecule has 1 aliphatic heterocycles. The monoisotopic (exact) mass is 426 g/mol. The van der Waals surface area contributed by atoms with Crippen LogP contribution >= 0.6 is 0 Å². The summed E-state index contributed by atoms with van der Waals surface area (Å²) in [5, 5.41) is 2.74. The number of urea groups is 1. The molecule has 3 rings (SSSR count). The number of methoxy groups -OCH3 is 1. The lowest BCUT2D eigenvalue weighted by Gasteiger charge is -2.34. The van der Waals surface area contributed by atoms with E-state index in [2.05, 4.69) is 10.3 Å². The first-order chi connectivity index (χ1) is 13.8. The van der Waals surface area contributed by atoms with Gasteiger partial charge in [0.2, 0.25) is 15.9 Å². The molecule has 0 aliphatic carbocycles. The number of benzene rings is 1. The van der Waals surface area contributed by atoms with Crippen molar-refractivity contribution in [2.75, 3.05) is 33.3 Å². The van der Waals surface area contributed by atoms with Crippen molar-refractivity contribution in [1.29, 1.82) is 0 Å². The molecule has 2 heterocycles. The zero-order valence-electron chi connectivity index (χ0n) is 15.6. The van der Waals surface area contributed by atoms with Crippen LogP contribution in [-0.2, 0) is 16.6 Å². The molecule has 11 heteroatoms. The van der Waals surface area contributed by atoms with Gasteiger partial charge in [0.05, 0.1) is 7.11 Å². The Hall–Kier alpha value is -2.79. The summed E-state index contributed by atoms with van der Waals surface area (Å²) in [6.45, 7) is 0.472. The SMILES string of the molecule is COc1ccc(CNC(=O)N2CCN(S(=O)(=O)c3cc(F)ccc3F)CC2)cn1. The molecule has 1 N–H and O–H groups in total. The van der Waals surface area contributed by atoms with Crippen LogP contribution in [0, 0.1) is 11.6 Å². The van der Waals surface area contributed by atoms with Gasteiger partial charge in [-0.25, -0.2) is 27.0 Å². The van der Waals surface area contributed by atoms with Crippen molar-refractivity contribution in [3.63, 3.8) is 0 Å². The average molecular weight is 426 g/mol. The fourth-order valence-corrected chi connectivity index (χ4v) is 4.37. The Kier molecular flexibility index (Phi) is 6.28. The molecule has 156 valence electrons. The van der Waals surface area contributed by atoms with Crippen molar-refractivity contribution in [3.05, 3.63) is 53.7 Å². The summed E-state index contributed by atoms with van der Waals surface area (Å²) in [5.41, 5.74) is 0.780. The first-order valence-electron chi connectivity index (χ1n) is 8.78. The quantitative estimate of drug-likeness (QED) is 0.784. The van der Waals surface area contributed by atoms with Gasteiger partial charge in [0.15, 0.2) is 0 Å². The third kappa shape index (κ3) is 4.80. The van der Waals surface area contributed by atoms with Gasteiger partial charge in [-0.15, -0.1) is 0 Å². The van der Waals surface area contributed by atoms with Crippen LogP contribution in [0.2, 0.25) is 0 Å². The molecule has 1 fully saturated rings. The molecule has 1 aromatic heterocycles. The van der Waals surface area contributed by atoms with Crippen LogP contribution in [-0.4, -0.2) is 61.9 Å². The molecule has 1 aliphatic rings. The minimum atomic E-state index is -4.19. The predicted octanol–water partition coefficient (Wildman–Crippen LogP) is 1.58. The van der Waals surface area contributed by atoms with Gasteiger partial charge in [-0.3, -0.25) is 0 Å². The maximum atomic E-state index is 13.9. The maximum absolute atomic E-state index is 13.9. The van der Waals surface area contributed by atoms with E-state index in [4.69, 9.17) is 4.74 Å². The largest absolute Gasteiger partial charge is 0.481 e. The molecule has 0 saturated carbocycles. The van der Waals surface area contributed by atoms with E-state index in [-0.39, 0.29) is 38.8 Å². The molecule has 0 unspecified atom stereocenters. The van der Waals surface area contributed by atoms with Gasteiger partial charge < -0.3 is 15.0 Å². The van der Waals surface area contributed by atoms with E-state index < -0.39 is 26.6 Å². The van der Waals surface area contributed by atoms with Crippen molar-refractivity contribution in [2.45, 2.75) is 11.4 Å². The van der Waals surface area contributed by atoms with E-state index in [1.807, 2.05) is 0 Å². The highest BCUT2D eigenvalue weighted by Crippen LogP contribution is 2.21. The lowest BCUT2D eigenvalue weighted by Crippen LogP contribution is -2.53. The average Bonchev–Trinajstić information content (AvgIpc) is 2.74. The van der Waals surface area contributed by atoms with Crippen LogP contribution in [0.15, 0.2) is 41.4 Å². The number of rotatable bonds is 5. The summed E-state index contributed by atoms with van der Waals surface area (Å²) in [4.78, 5) is 17.1. The molecule has 0 radical (unpaired) electrons. The van der Waals surface area contributed by atoms with E-state index in [1.165, 1.54) is 12.0 Å². The molecule has 2 amide bonds. The number of aromatic nitrogens is 1. The van der Waals surface area contributed by atoms with Crippen molar-refractivity contribution in [3.8, 4) is 5.88 Å². The zero-order chi connectivity index (χ0) is 21.0. The number of nitrogens with one attached hydrogen (secondary N) is 1. The van der Waals surface area contributed by atoms with Gasteiger partial charge in [0, 0.05) is 45.0 Å². The highest BCUT2D eigenvalue weighted by atomic mass is 32.2. The molecule has 2 aromatic rings. The van der Waals surface area contributed by atoms with Gasteiger partial charge in [0.25, 0.3) is 0 Å². The zero-order valence-corrected chi connectivity index (χ0v) is 16.5. The number of carbonyl (C=O) groups is 1. The fraction of sp³-hybridized carbons (Fsp3) is 0.333. The van der Waals surface area contributed by atoms with Crippen molar-refractivity contribution < 1.29 is 26.7 Å². The third-order valence-corrected chi connectivity index (χ3v) is 6.40. The van der Waals surface area contributed by atoms with E-state index in [0.29, 0.717) is 11.9 Å². The predicted molar refractivity (Wildman–Crippen MR) is 99.7 cm³/mol. The summed E-state index contributed by atoms with van der Waals surface area (Å²) in [6.07, 6.45) is 1.58. The molecule has 0 bridgehead atoms. The van der Waals surface area contributed by atoms with Gasteiger partial charge in [-0.2, -0.15) is 4.31 Å². The smallest absolute Gasteiger partial charge is 0.317 e. The van der Waals surface area contributed by atoms with E-state index >= 15 is 0 Å². The number of ether oxygens (including phenoxy) is 1. The molecule has 0 atom stereocenters. The summed E-state index contributed by atoms with van der Waals surface area (Å²) in [5.74, 6) is -1.39. The Bertz CT molecular complexity index is 978. The number of halogens is 2. The topological polar surface area (TPSA) is 91.8 Å². The second-order valence-corrected chi connectivity index (χ2v) is 8.24. The summed E-state index contributed by atoms with van der Waals surface area (Å²) >= 11 is 0. The molecular weight excluding hydrogens is 406 g/mol. The summed E-state index contributed by atoms with van der Waals surface area (Å²) in [7, 11) is -2.68. The van der Waals surface area contributed by atoms with Crippen molar-refractivity contribution in [1.82, 2.24) is 19.5 Å². The summed E-state index contributed by atoms with van der Waals surface area (Å²) in [6, 6.07) is 5.39. The minimum absolute atomic E-state index is 0.0181. The lowest BCUT2D eigenvalue weighted by molar-refractivity contribution is 0.172. The van der Waals surface area contributed by atoms with Gasteiger partial charge in [-0.1, -0.05) is 6.07 Å². The van der Waals surface area contributed by atoms with E-state index in [1.54, 1.807) is 18.3 Å². The Morgan fingerprint density at radius 1 is 1.17 bits per heavy atom. The molecule has 1 saturated heterocycles. The Morgan fingerprint density at radius 2 is 1.90 bits per heavy atom. The maximum Gasteiger partial charge on any atom is 0.317 e. The van der Waals surface area contributed by atoms with E-state index in [0.717, 1.165) is 22.0 Å². The fourth-order valence-electron chi connectivity index (χ4n) is 2.87. The van der Waals surface area contributed by atoms with Crippen LogP contribution < -0.4 is 10.1 Å². The van der Waals surface area contributed by atoms with Crippen LogP contribution in [0.25, 0.3) is 0 Å². The molecular formula is C18H20F2N4O4S. The van der Waals surface area contributed by atoms with E-state index in [9.17, 15) is 22.0 Å². The molecule has 29 heavy (non-hydrogen) atoms. The van der Waals surface area contributed by atoms with Crippen LogP contribution in [0.4, 0.5) is 13.6 Å². The second-order valence-electron chi connectivity index (χ2n) is 6.33. The molecule has 1 aromatic carbocycles.